The zero-order chi connectivity index (χ0) is 21.2. The summed E-state index contributed by atoms with van der Waals surface area (Å²) in [7, 11) is 0. The molecule has 0 fully saturated rings. The van der Waals surface area contributed by atoms with Crippen LogP contribution in [0.2, 0.25) is 0 Å². The lowest BCUT2D eigenvalue weighted by atomic mass is 10.0. The Bertz CT molecular complexity index is 862. The number of carbonyl (C=O) groups is 3. The monoisotopic (exact) mass is 398 g/mol. The quantitative estimate of drug-likeness (QED) is 0.641. The molecule has 0 saturated carbocycles. The van der Waals surface area contributed by atoms with E-state index in [0.717, 1.165) is 0 Å². The smallest absolute Gasteiger partial charge is 0.335 e. The van der Waals surface area contributed by atoms with Crippen LogP contribution in [0.25, 0.3) is 0 Å². The molecule has 2 rings (SSSR count). The number of likely N-dealkylation sites (N-methyl/N-ethyl adjacent to an activating group) is 1. The number of rotatable bonds is 10. The highest BCUT2D eigenvalue weighted by atomic mass is 16.5. The molecule has 0 aliphatic rings. The average Bonchev–Trinajstić information content (AvgIpc) is 2.72. The van der Waals surface area contributed by atoms with E-state index in [1.54, 1.807) is 47.4 Å². The molecule has 2 aromatic carbocycles. The van der Waals surface area contributed by atoms with E-state index < -0.39 is 5.97 Å². The molecule has 0 atom stereocenters. The Balaban J connectivity index is 1.90. The number of amides is 2. The van der Waals surface area contributed by atoms with Gasteiger partial charge in [-0.1, -0.05) is 24.3 Å². The molecule has 0 aliphatic heterocycles. The average molecular weight is 398 g/mol. The summed E-state index contributed by atoms with van der Waals surface area (Å²) in [5.41, 5.74) is 1.37. The van der Waals surface area contributed by atoms with Crippen LogP contribution in [0.5, 0.6) is 5.75 Å². The van der Waals surface area contributed by atoms with Crippen molar-refractivity contribution in [2.45, 2.75) is 26.7 Å². The number of ether oxygens (including phenoxy) is 1. The molecule has 7 nitrogen and oxygen atoms in total. The number of benzene rings is 2. The Morgan fingerprint density at radius 3 is 2.45 bits per heavy atom. The summed E-state index contributed by atoms with van der Waals surface area (Å²) in [5.74, 6) is -0.854. The Hall–Kier alpha value is -3.35. The van der Waals surface area contributed by atoms with E-state index in [2.05, 4.69) is 5.32 Å². The summed E-state index contributed by atoms with van der Waals surface area (Å²) in [6.07, 6.45) is 0.471. The summed E-state index contributed by atoms with van der Waals surface area (Å²) < 4.78 is 5.54. The molecular formula is C22H26N2O5. The molecule has 0 aliphatic carbocycles. The predicted molar refractivity (Wildman–Crippen MR) is 110 cm³/mol. The maximum atomic E-state index is 12.3. The maximum absolute atomic E-state index is 12.3. The number of carboxylic acids is 1. The fourth-order valence-corrected chi connectivity index (χ4v) is 2.89. The van der Waals surface area contributed by atoms with Gasteiger partial charge in [0.25, 0.3) is 5.91 Å². The van der Waals surface area contributed by atoms with Gasteiger partial charge in [0, 0.05) is 31.3 Å². The SMILES string of the molecule is CCN(CC)C(=O)COc1cccc(NC(=O)CCc2ccccc2C(=O)O)c1. The number of hydrogen-bond donors (Lipinski definition) is 2. The van der Waals surface area contributed by atoms with Gasteiger partial charge in [-0.3, -0.25) is 9.59 Å². The molecular weight excluding hydrogens is 372 g/mol. The molecule has 29 heavy (non-hydrogen) atoms. The summed E-state index contributed by atoms with van der Waals surface area (Å²) in [5, 5.41) is 12.0. The predicted octanol–water partition coefficient (Wildman–Crippen LogP) is 3.20. The first-order valence-corrected chi connectivity index (χ1v) is 9.56. The fourth-order valence-electron chi connectivity index (χ4n) is 2.89. The van der Waals surface area contributed by atoms with Crippen LogP contribution in [0.4, 0.5) is 5.69 Å². The third-order valence-corrected chi connectivity index (χ3v) is 4.47. The first-order valence-electron chi connectivity index (χ1n) is 9.56. The molecule has 0 bridgehead atoms. The van der Waals surface area contributed by atoms with E-state index >= 15 is 0 Å². The zero-order valence-corrected chi connectivity index (χ0v) is 16.7. The van der Waals surface area contributed by atoms with Crippen LogP contribution in [0.15, 0.2) is 48.5 Å². The molecule has 0 spiro atoms. The first-order chi connectivity index (χ1) is 13.9. The maximum Gasteiger partial charge on any atom is 0.335 e. The van der Waals surface area contributed by atoms with Gasteiger partial charge < -0.3 is 20.1 Å². The standard InChI is InChI=1S/C22H26N2O5/c1-3-24(4-2)21(26)15-29-18-10-7-9-17(14-18)23-20(25)13-12-16-8-5-6-11-19(16)22(27)28/h5-11,14H,3-4,12-13,15H2,1-2H3,(H,23,25)(H,27,28). The first kappa shape index (κ1) is 21.9. The van der Waals surface area contributed by atoms with E-state index in [-0.39, 0.29) is 30.4 Å². The molecule has 2 N–H and O–H groups in total. The van der Waals surface area contributed by atoms with Crippen molar-refractivity contribution in [1.82, 2.24) is 4.90 Å². The van der Waals surface area contributed by atoms with Crippen LogP contribution in [0.3, 0.4) is 0 Å². The molecule has 0 heterocycles. The Morgan fingerprint density at radius 1 is 1.03 bits per heavy atom. The van der Waals surface area contributed by atoms with E-state index in [1.165, 1.54) is 6.07 Å². The van der Waals surface area contributed by atoms with Crippen LogP contribution in [-0.2, 0) is 16.0 Å². The lowest BCUT2D eigenvalue weighted by Gasteiger charge is -2.18. The van der Waals surface area contributed by atoms with Crippen molar-refractivity contribution in [3.63, 3.8) is 0 Å². The summed E-state index contributed by atoms with van der Waals surface area (Å²) in [6, 6.07) is 13.5. The molecule has 0 aromatic heterocycles. The minimum atomic E-state index is -1.01. The second-order valence-corrected chi connectivity index (χ2v) is 6.39. The van der Waals surface area contributed by atoms with Crippen LogP contribution >= 0.6 is 0 Å². The van der Waals surface area contributed by atoms with E-state index in [1.807, 2.05) is 13.8 Å². The molecule has 2 aromatic rings. The van der Waals surface area contributed by atoms with Gasteiger partial charge in [0.05, 0.1) is 5.56 Å². The fraction of sp³-hybridized carbons (Fsp3) is 0.318. The number of aryl methyl sites for hydroxylation is 1. The summed E-state index contributed by atoms with van der Waals surface area (Å²) in [6.45, 7) is 5.00. The third kappa shape index (κ3) is 6.64. The second kappa shape index (κ2) is 10.8. The van der Waals surface area contributed by atoms with Gasteiger partial charge in [-0.15, -0.1) is 0 Å². The third-order valence-electron chi connectivity index (χ3n) is 4.47. The van der Waals surface area contributed by atoms with Crippen molar-refractivity contribution < 1.29 is 24.2 Å². The lowest BCUT2D eigenvalue weighted by molar-refractivity contribution is -0.133. The Labute approximate surface area is 170 Å². The zero-order valence-electron chi connectivity index (χ0n) is 16.7. The molecule has 0 saturated heterocycles. The van der Waals surface area contributed by atoms with Crippen LogP contribution in [0.1, 0.15) is 36.2 Å². The Morgan fingerprint density at radius 2 is 1.76 bits per heavy atom. The molecule has 7 heteroatoms. The van der Waals surface area contributed by atoms with Gasteiger partial charge in [-0.25, -0.2) is 4.79 Å². The van der Waals surface area contributed by atoms with Crippen LogP contribution in [-0.4, -0.2) is 47.5 Å². The molecule has 2 amide bonds. The van der Waals surface area contributed by atoms with Crippen molar-refractivity contribution in [2.24, 2.45) is 0 Å². The van der Waals surface area contributed by atoms with Crippen LogP contribution < -0.4 is 10.1 Å². The summed E-state index contributed by atoms with van der Waals surface area (Å²) >= 11 is 0. The van der Waals surface area contributed by atoms with Crippen molar-refractivity contribution in [2.75, 3.05) is 25.0 Å². The summed E-state index contributed by atoms with van der Waals surface area (Å²) in [4.78, 5) is 37.2. The number of nitrogens with zero attached hydrogens (tertiary/aromatic N) is 1. The second-order valence-electron chi connectivity index (χ2n) is 6.39. The highest BCUT2D eigenvalue weighted by Crippen LogP contribution is 2.18. The topological polar surface area (TPSA) is 95.9 Å². The van der Waals surface area contributed by atoms with Gasteiger partial charge >= 0.3 is 5.97 Å². The van der Waals surface area contributed by atoms with E-state index in [9.17, 15) is 19.5 Å². The number of hydrogen-bond acceptors (Lipinski definition) is 4. The van der Waals surface area contributed by atoms with Crippen molar-refractivity contribution in [3.8, 4) is 5.75 Å². The normalized spacial score (nSPS) is 10.3. The van der Waals surface area contributed by atoms with E-state index in [0.29, 0.717) is 36.5 Å². The number of nitrogens with one attached hydrogen (secondary N) is 1. The lowest BCUT2D eigenvalue weighted by Crippen LogP contribution is -2.34. The highest BCUT2D eigenvalue weighted by molar-refractivity contribution is 5.92. The molecule has 0 radical (unpaired) electrons. The van der Waals surface area contributed by atoms with Crippen molar-refractivity contribution >= 4 is 23.5 Å². The van der Waals surface area contributed by atoms with Crippen molar-refractivity contribution in [3.05, 3.63) is 59.7 Å². The van der Waals surface area contributed by atoms with Gasteiger partial charge in [-0.05, 0) is 44.0 Å². The van der Waals surface area contributed by atoms with Gasteiger partial charge in [-0.2, -0.15) is 0 Å². The largest absolute Gasteiger partial charge is 0.484 e. The molecule has 154 valence electrons. The minimum Gasteiger partial charge on any atom is -0.484 e. The number of aromatic carboxylic acids is 1. The number of carboxylic acid groups (broad SMARTS) is 1. The van der Waals surface area contributed by atoms with Gasteiger partial charge in [0.1, 0.15) is 5.75 Å². The van der Waals surface area contributed by atoms with Crippen LogP contribution in [0, 0.1) is 0 Å². The Kier molecular flexibility index (Phi) is 8.21. The number of anilines is 1. The molecule has 0 unspecified atom stereocenters. The number of carbonyl (C=O) groups excluding carboxylic acids is 2. The minimum absolute atomic E-state index is 0.0644. The van der Waals surface area contributed by atoms with E-state index in [4.69, 9.17) is 4.74 Å². The van der Waals surface area contributed by atoms with Gasteiger partial charge in [0.2, 0.25) is 5.91 Å². The highest BCUT2D eigenvalue weighted by Gasteiger charge is 2.12. The van der Waals surface area contributed by atoms with Gasteiger partial charge in [0.15, 0.2) is 6.61 Å². The van der Waals surface area contributed by atoms with Crippen molar-refractivity contribution in [1.29, 1.82) is 0 Å².